The molecule has 0 unspecified atom stereocenters. The van der Waals surface area contributed by atoms with Crippen LogP contribution in [0.25, 0.3) is 11.7 Å². The van der Waals surface area contributed by atoms with Crippen LogP contribution in [0, 0.1) is 6.92 Å². The highest BCUT2D eigenvalue weighted by Crippen LogP contribution is 2.34. The molecule has 2 fully saturated rings. The van der Waals surface area contributed by atoms with Gasteiger partial charge in [0.25, 0.3) is 11.5 Å². The number of carboxylic acids is 1. The summed E-state index contributed by atoms with van der Waals surface area (Å²) < 4.78 is 6.99. The summed E-state index contributed by atoms with van der Waals surface area (Å²) >= 11 is 6.59. The Hall–Kier alpha value is -3.45. The highest BCUT2D eigenvalue weighted by molar-refractivity contribution is 8.26. The number of aromatic nitrogens is 2. The fraction of sp³-hybridized carbons (Fsp3) is 0.462. The number of carbonyl (C=O) groups is 3. The number of unbranched alkanes of at least 4 members (excludes halogenated alkanes) is 2. The van der Waals surface area contributed by atoms with E-state index in [1.165, 1.54) is 9.30 Å². The molecule has 39 heavy (non-hydrogen) atoms. The number of pyridine rings is 1. The zero-order valence-corrected chi connectivity index (χ0v) is 23.6. The first-order valence-electron chi connectivity index (χ1n) is 12.9. The summed E-state index contributed by atoms with van der Waals surface area (Å²) in [5, 5.41) is 8.81. The highest BCUT2D eigenvalue weighted by atomic mass is 32.2. The minimum Gasteiger partial charge on any atom is -0.481 e. The largest absolute Gasteiger partial charge is 0.481 e. The number of fused-ring (bicyclic) bond motifs is 1. The van der Waals surface area contributed by atoms with Gasteiger partial charge in [-0.05, 0) is 44.4 Å². The molecule has 2 aliphatic rings. The van der Waals surface area contributed by atoms with Crippen molar-refractivity contribution in [2.24, 2.45) is 0 Å². The quantitative estimate of drug-likeness (QED) is 0.272. The summed E-state index contributed by atoms with van der Waals surface area (Å²) in [6.07, 6.45) is 4.77. The minimum absolute atomic E-state index is 0.0908. The van der Waals surface area contributed by atoms with E-state index in [4.69, 9.17) is 27.0 Å². The maximum Gasteiger partial charge on any atom is 0.409 e. The normalized spacial score (nSPS) is 17.0. The molecule has 0 aliphatic carbocycles. The van der Waals surface area contributed by atoms with E-state index in [2.05, 4.69) is 0 Å². The lowest BCUT2D eigenvalue weighted by molar-refractivity contribution is -0.137. The van der Waals surface area contributed by atoms with Gasteiger partial charge in [0.1, 0.15) is 15.8 Å². The zero-order chi connectivity index (χ0) is 28.1. The standard InChI is InChI=1S/C26H31N5O6S2/c1-3-37-25(36)29-14-12-28(13-15-29)22-18(23(34)30-11-7-8-17(2)21(30)27-22)16-19-24(35)31(26(38)39-19)10-6-4-5-9-20(32)33/h7-8,11,16H,3-6,9-10,12-15H2,1-2H3,(H,32,33). The van der Waals surface area contributed by atoms with Crippen molar-refractivity contribution in [1.29, 1.82) is 0 Å². The third kappa shape index (κ3) is 6.41. The third-order valence-corrected chi connectivity index (χ3v) is 7.97. The van der Waals surface area contributed by atoms with E-state index in [-0.39, 0.29) is 29.5 Å². The van der Waals surface area contributed by atoms with E-state index in [0.717, 1.165) is 17.3 Å². The molecule has 0 aromatic carbocycles. The minimum atomic E-state index is -0.841. The number of ether oxygens (including phenoxy) is 1. The van der Waals surface area contributed by atoms with Crippen molar-refractivity contribution in [2.45, 2.75) is 39.5 Å². The van der Waals surface area contributed by atoms with E-state index in [9.17, 15) is 19.2 Å². The van der Waals surface area contributed by atoms with Gasteiger partial charge in [-0.2, -0.15) is 0 Å². The van der Waals surface area contributed by atoms with Crippen molar-refractivity contribution in [2.75, 3.05) is 44.2 Å². The van der Waals surface area contributed by atoms with E-state index in [1.54, 1.807) is 30.2 Å². The number of carboxylic acid groups (broad SMARTS) is 1. The van der Waals surface area contributed by atoms with Gasteiger partial charge in [0.2, 0.25) is 0 Å². The molecule has 0 bridgehead atoms. The number of anilines is 1. The second-order valence-corrected chi connectivity index (χ2v) is 10.9. The molecule has 1 N–H and O–H groups in total. The lowest BCUT2D eigenvalue weighted by Crippen LogP contribution is -2.49. The fourth-order valence-corrected chi connectivity index (χ4v) is 5.82. The van der Waals surface area contributed by atoms with Gasteiger partial charge in [-0.3, -0.25) is 23.7 Å². The first-order valence-corrected chi connectivity index (χ1v) is 14.1. The summed E-state index contributed by atoms with van der Waals surface area (Å²) in [5.74, 6) is -0.668. The number of aryl methyl sites for hydroxylation is 1. The number of piperazine rings is 1. The zero-order valence-electron chi connectivity index (χ0n) is 21.9. The summed E-state index contributed by atoms with van der Waals surface area (Å²) in [6.45, 7) is 6.05. The molecule has 4 rings (SSSR count). The molecule has 2 aromatic heterocycles. The molecule has 0 spiro atoms. The first kappa shape index (κ1) is 28.6. The molecule has 2 amide bonds. The number of hydrogen-bond donors (Lipinski definition) is 1. The second kappa shape index (κ2) is 12.6. The Morgan fingerprint density at radius 1 is 1.18 bits per heavy atom. The lowest BCUT2D eigenvalue weighted by Gasteiger charge is -2.35. The van der Waals surface area contributed by atoms with Crippen LogP contribution in [0.5, 0.6) is 0 Å². The van der Waals surface area contributed by atoms with E-state index >= 15 is 0 Å². The topological polar surface area (TPSA) is 125 Å². The van der Waals surface area contributed by atoms with E-state index < -0.39 is 5.97 Å². The van der Waals surface area contributed by atoms with Gasteiger partial charge in [-0.1, -0.05) is 36.5 Å². The molecule has 13 heteroatoms. The Balaban J connectivity index is 1.62. The predicted molar refractivity (Wildman–Crippen MR) is 153 cm³/mol. The smallest absolute Gasteiger partial charge is 0.409 e. The Morgan fingerprint density at radius 3 is 2.62 bits per heavy atom. The average molecular weight is 574 g/mol. The van der Waals surface area contributed by atoms with Gasteiger partial charge in [-0.15, -0.1) is 0 Å². The molecule has 2 saturated heterocycles. The SMILES string of the molecule is CCOC(=O)N1CCN(c2nc3c(C)cccn3c(=O)c2C=C2SC(=S)N(CCCCCC(=O)O)C2=O)CC1. The molecule has 0 radical (unpaired) electrons. The van der Waals surface area contributed by atoms with Gasteiger partial charge in [-0.25, -0.2) is 9.78 Å². The number of rotatable bonds is 9. The molecule has 208 valence electrons. The molecule has 0 saturated carbocycles. The fourth-order valence-electron chi connectivity index (χ4n) is 4.53. The molecule has 11 nitrogen and oxygen atoms in total. The summed E-state index contributed by atoms with van der Waals surface area (Å²) in [4.78, 5) is 60.1. The molecule has 4 heterocycles. The molecular formula is C26H31N5O6S2. The number of hydrogen-bond acceptors (Lipinski definition) is 9. The Bertz CT molecular complexity index is 1380. The number of nitrogens with zero attached hydrogens (tertiary/aromatic N) is 5. The van der Waals surface area contributed by atoms with Crippen LogP contribution in [0.1, 0.15) is 43.7 Å². The van der Waals surface area contributed by atoms with Gasteiger partial charge < -0.3 is 19.6 Å². The van der Waals surface area contributed by atoms with Gasteiger partial charge in [0.05, 0.1) is 17.1 Å². The number of carbonyl (C=O) groups excluding carboxylic acids is 2. The van der Waals surface area contributed by atoms with Gasteiger partial charge >= 0.3 is 12.1 Å². The van der Waals surface area contributed by atoms with Crippen molar-refractivity contribution in [1.82, 2.24) is 19.2 Å². The van der Waals surface area contributed by atoms with Crippen molar-refractivity contribution >= 4 is 63.8 Å². The second-order valence-electron chi connectivity index (χ2n) is 9.25. The van der Waals surface area contributed by atoms with Crippen LogP contribution in [-0.4, -0.2) is 85.9 Å². The molecule has 2 aliphatic heterocycles. The van der Waals surface area contributed by atoms with E-state index in [1.807, 2.05) is 17.9 Å². The predicted octanol–water partition coefficient (Wildman–Crippen LogP) is 3.13. The Labute approximate surface area is 235 Å². The molecular weight excluding hydrogens is 542 g/mol. The Morgan fingerprint density at radius 2 is 1.92 bits per heavy atom. The third-order valence-electron chi connectivity index (χ3n) is 6.59. The summed E-state index contributed by atoms with van der Waals surface area (Å²) in [5.41, 5.74) is 1.34. The maximum atomic E-state index is 13.7. The van der Waals surface area contributed by atoms with Gasteiger partial charge in [0.15, 0.2) is 0 Å². The number of amides is 2. The van der Waals surface area contributed by atoms with Gasteiger partial charge in [0, 0.05) is 45.3 Å². The lowest BCUT2D eigenvalue weighted by atomic mass is 10.2. The van der Waals surface area contributed by atoms with E-state index in [0.29, 0.717) is 79.3 Å². The summed E-state index contributed by atoms with van der Waals surface area (Å²) in [6, 6.07) is 3.66. The summed E-state index contributed by atoms with van der Waals surface area (Å²) in [7, 11) is 0. The van der Waals surface area contributed by atoms with Crippen LogP contribution in [0.4, 0.5) is 10.6 Å². The van der Waals surface area contributed by atoms with Crippen molar-refractivity contribution < 1.29 is 24.2 Å². The highest BCUT2D eigenvalue weighted by Gasteiger charge is 2.33. The number of aliphatic carboxylic acids is 1. The van der Waals surface area contributed by atoms with Crippen LogP contribution < -0.4 is 10.5 Å². The van der Waals surface area contributed by atoms with Crippen LogP contribution in [0.15, 0.2) is 28.0 Å². The maximum absolute atomic E-state index is 13.7. The molecule has 2 aromatic rings. The monoisotopic (exact) mass is 573 g/mol. The van der Waals surface area contributed by atoms with Crippen molar-refractivity contribution in [3.63, 3.8) is 0 Å². The van der Waals surface area contributed by atoms with Crippen LogP contribution in [0.3, 0.4) is 0 Å². The van der Waals surface area contributed by atoms with Crippen molar-refractivity contribution in [3.8, 4) is 0 Å². The van der Waals surface area contributed by atoms with Crippen LogP contribution in [0.2, 0.25) is 0 Å². The Kier molecular flexibility index (Phi) is 9.23. The first-order chi connectivity index (χ1) is 18.7. The average Bonchev–Trinajstić information content (AvgIpc) is 3.17. The number of thioether (sulfide) groups is 1. The number of thiocarbonyl (C=S) groups is 1. The molecule has 0 atom stereocenters. The van der Waals surface area contributed by atoms with Crippen LogP contribution in [-0.2, 0) is 14.3 Å². The van der Waals surface area contributed by atoms with Crippen molar-refractivity contribution in [3.05, 3.63) is 44.7 Å². The van der Waals surface area contributed by atoms with Crippen LogP contribution >= 0.6 is 24.0 Å².